The minimum Gasteiger partial charge on any atom is -0.487 e. The lowest BCUT2D eigenvalue weighted by Crippen LogP contribution is -2.09. The lowest BCUT2D eigenvalue weighted by Gasteiger charge is -2.07. The average Bonchev–Trinajstić information content (AvgIpc) is 2.85. The van der Waals surface area contributed by atoms with Crippen molar-refractivity contribution >= 4 is 23.2 Å². The molecule has 0 amide bonds. The fraction of sp³-hybridized carbons (Fsp3) is 0.789. The molecule has 0 aromatic heterocycles. The van der Waals surface area contributed by atoms with Crippen LogP contribution in [0.2, 0.25) is 0 Å². The Morgan fingerprint density at radius 2 is 1.54 bits per heavy atom. The first-order valence-electron chi connectivity index (χ1n) is 9.32. The SMILES string of the molecule is CC(=S)OCCCCCCCCCCCCCC1=CC(=O)OC1O. The number of aliphatic hydroxyl groups is 1. The molecule has 0 fully saturated rings. The first-order chi connectivity index (χ1) is 11.6. The third-order valence-corrected chi connectivity index (χ3v) is 4.38. The predicted octanol–water partition coefficient (Wildman–Crippen LogP) is 4.83. The van der Waals surface area contributed by atoms with Crippen LogP contribution in [0.1, 0.15) is 84.0 Å². The maximum Gasteiger partial charge on any atom is 0.333 e. The number of hydrogen-bond acceptors (Lipinski definition) is 5. The van der Waals surface area contributed by atoms with Gasteiger partial charge in [0.25, 0.3) is 0 Å². The predicted molar refractivity (Wildman–Crippen MR) is 99.8 cm³/mol. The fourth-order valence-electron chi connectivity index (χ4n) is 2.88. The number of hydrogen-bond donors (Lipinski definition) is 1. The summed E-state index contributed by atoms with van der Waals surface area (Å²) in [6.07, 6.45) is 14.8. The molecule has 0 saturated carbocycles. The maximum absolute atomic E-state index is 11.0. The van der Waals surface area contributed by atoms with Crippen molar-refractivity contribution in [3.8, 4) is 0 Å². The fourth-order valence-corrected chi connectivity index (χ4v) is 2.96. The van der Waals surface area contributed by atoms with Gasteiger partial charge in [-0.15, -0.1) is 0 Å². The molecule has 24 heavy (non-hydrogen) atoms. The van der Waals surface area contributed by atoms with Crippen molar-refractivity contribution in [3.63, 3.8) is 0 Å². The van der Waals surface area contributed by atoms with E-state index in [4.69, 9.17) is 17.0 Å². The van der Waals surface area contributed by atoms with E-state index in [2.05, 4.69) is 4.74 Å². The molecule has 0 spiro atoms. The quantitative estimate of drug-likeness (QED) is 0.274. The third-order valence-electron chi connectivity index (χ3n) is 4.26. The van der Waals surface area contributed by atoms with Gasteiger partial charge in [0.2, 0.25) is 6.29 Å². The van der Waals surface area contributed by atoms with Gasteiger partial charge in [0.15, 0.2) is 5.05 Å². The van der Waals surface area contributed by atoms with Crippen LogP contribution in [0.4, 0.5) is 0 Å². The van der Waals surface area contributed by atoms with Gasteiger partial charge in [-0.05, 0) is 31.5 Å². The highest BCUT2D eigenvalue weighted by atomic mass is 32.1. The molecule has 4 nitrogen and oxygen atoms in total. The Hall–Kier alpha value is -0.940. The van der Waals surface area contributed by atoms with Crippen LogP contribution in [0.3, 0.4) is 0 Å². The van der Waals surface area contributed by atoms with E-state index in [0.717, 1.165) is 37.9 Å². The van der Waals surface area contributed by atoms with E-state index in [0.29, 0.717) is 5.05 Å². The first-order valence-corrected chi connectivity index (χ1v) is 9.73. The van der Waals surface area contributed by atoms with Gasteiger partial charge >= 0.3 is 5.97 Å². The molecule has 0 aromatic rings. The number of rotatable bonds is 14. The number of unbranched alkanes of at least 4 members (excludes halogenated alkanes) is 10. The van der Waals surface area contributed by atoms with E-state index in [9.17, 15) is 9.90 Å². The van der Waals surface area contributed by atoms with Gasteiger partial charge in [0.05, 0.1) is 6.61 Å². The normalized spacial score (nSPS) is 16.8. The van der Waals surface area contributed by atoms with Crippen LogP contribution >= 0.6 is 12.2 Å². The van der Waals surface area contributed by atoms with Crippen molar-refractivity contribution in [3.05, 3.63) is 11.6 Å². The van der Waals surface area contributed by atoms with E-state index in [1.165, 1.54) is 57.4 Å². The molecule has 138 valence electrons. The van der Waals surface area contributed by atoms with Crippen LogP contribution in [0.25, 0.3) is 0 Å². The molecule has 0 bridgehead atoms. The molecule has 0 saturated heterocycles. The van der Waals surface area contributed by atoms with Gasteiger partial charge in [-0.2, -0.15) is 0 Å². The van der Waals surface area contributed by atoms with E-state index >= 15 is 0 Å². The zero-order chi connectivity index (χ0) is 17.6. The molecule has 1 atom stereocenters. The number of thiocarbonyl (C=S) groups is 1. The van der Waals surface area contributed by atoms with E-state index < -0.39 is 12.3 Å². The number of carbonyl (C=O) groups excluding carboxylic acids is 1. The molecular weight excluding hydrogens is 324 g/mol. The monoisotopic (exact) mass is 356 g/mol. The molecule has 0 aromatic carbocycles. The Kier molecular flexibility index (Phi) is 11.7. The zero-order valence-electron chi connectivity index (χ0n) is 14.9. The van der Waals surface area contributed by atoms with Crippen LogP contribution in [0.5, 0.6) is 0 Å². The maximum atomic E-state index is 11.0. The Bertz CT molecular complexity index is 406. The van der Waals surface area contributed by atoms with Crippen LogP contribution in [-0.2, 0) is 14.3 Å². The molecule has 0 aliphatic carbocycles. The number of carbonyl (C=O) groups is 1. The Labute approximate surface area is 151 Å². The summed E-state index contributed by atoms with van der Waals surface area (Å²) >= 11 is 4.86. The molecular formula is C19H32O4S. The molecule has 1 heterocycles. The highest BCUT2D eigenvalue weighted by Crippen LogP contribution is 2.20. The lowest BCUT2D eigenvalue weighted by molar-refractivity contribution is -0.151. The van der Waals surface area contributed by atoms with Gasteiger partial charge in [0, 0.05) is 18.6 Å². The van der Waals surface area contributed by atoms with Crippen molar-refractivity contribution in [2.45, 2.75) is 90.3 Å². The summed E-state index contributed by atoms with van der Waals surface area (Å²) in [5.41, 5.74) is 0.728. The van der Waals surface area contributed by atoms with Crippen LogP contribution in [-0.4, -0.2) is 29.0 Å². The lowest BCUT2D eigenvalue weighted by atomic mass is 10.0. The Balaban J connectivity index is 1.77. The number of esters is 1. The van der Waals surface area contributed by atoms with Gasteiger partial charge in [-0.1, -0.05) is 57.8 Å². The Morgan fingerprint density at radius 1 is 1.04 bits per heavy atom. The largest absolute Gasteiger partial charge is 0.487 e. The summed E-state index contributed by atoms with van der Waals surface area (Å²) < 4.78 is 9.93. The van der Waals surface area contributed by atoms with Crippen molar-refractivity contribution in [2.75, 3.05) is 6.61 Å². The summed E-state index contributed by atoms with van der Waals surface area (Å²) in [6.45, 7) is 2.59. The van der Waals surface area contributed by atoms with Gasteiger partial charge in [-0.3, -0.25) is 0 Å². The van der Waals surface area contributed by atoms with Crippen molar-refractivity contribution < 1.29 is 19.4 Å². The molecule has 5 heteroatoms. The Morgan fingerprint density at radius 3 is 2.00 bits per heavy atom. The number of aliphatic hydroxyl groups excluding tert-OH is 1. The summed E-state index contributed by atoms with van der Waals surface area (Å²) in [5.74, 6) is -0.418. The zero-order valence-corrected chi connectivity index (χ0v) is 15.7. The highest BCUT2D eigenvalue weighted by Gasteiger charge is 2.22. The molecule has 1 unspecified atom stereocenters. The minimum atomic E-state index is -0.998. The standard InChI is InChI=1S/C19H32O4S/c1-16(24)22-14-12-10-8-6-4-2-3-5-7-9-11-13-17-15-18(20)23-19(17)21/h15,19,21H,2-14H2,1H3. The topological polar surface area (TPSA) is 55.8 Å². The summed E-state index contributed by atoms with van der Waals surface area (Å²) in [5, 5.41) is 10.1. The van der Waals surface area contributed by atoms with E-state index in [1.807, 2.05) is 6.92 Å². The minimum absolute atomic E-state index is 0.418. The second kappa shape index (κ2) is 13.4. The van der Waals surface area contributed by atoms with Crippen LogP contribution < -0.4 is 0 Å². The molecule has 1 aliphatic rings. The van der Waals surface area contributed by atoms with Crippen molar-refractivity contribution in [2.24, 2.45) is 0 Å². The van der Waals surface area contributed by atoms with Crippen LogP contribution in [0, 0.1) is 0 Å². The average molecular weight is 357 g/mol. The molecule has 1 rings (SSSR count). The van der Waals surface area contributed by atoms with Crippen molar-refractivity contribution in [1.82, 2.24) is 0 Å². The van der Waals surface area contributed by atoms with Crippen molar-refractivity contribution in [1.29, 1.82) is 0 Å². The number of cyclic esters (lactones) is 1. The second-order valence-electron chi connectivity index (χ2n) is 6.49. The van der Waals surface area contributed by atoms with Gasteiger partial charge < -0.3 is 14.6 Å². The number of ether oxygens (including phenoxy) is 2. The first kappa shape index (κ1) is 21.1. The summed E-state index contributed by atoms with van der Waals surface area (Å²) in [7, 11) is 0. The van der Waals surface area contributed by atoms with Gasteiger partial charge in [0.1, 0.15) is 0 Å². The summed E-state index contributed by atoms with van der Waals surface area (Å²) in [4.78, 5) is 11.0. The van der Waals surface area contributed by atoms with E-state index in [-0.39, 0.29) is 0 Å². The third kappa shape index (κ3) is 10.8. The molecule has 0 radical (unpaired) electrons. The highest BCUT2D eigenvalue weighted by molar-refractivity contribution is 7.80. The molecule has 1 N–H and O–H groups in total. The van der Waals surface area contributed by atoms with Crippen LogP contribution in [0.15, 0.2) is 11.6 Å². The second-order valence-corrected chi connectivity index (χ2v) is 7.06. The molecule has 1 aliphatic heterocycles. The smallest absolute Gasteiger partial charge is 0.333 e. The van der Waals surface area contributed by atoms with Gasteiger partial charge in [-0.25, -0.2) is 4.79 Å². The van der Waals surface area contributed by atoms with E-state index in [1.54, 1.807) is 0 Å². The summed E-state index contributed by atoms with van der Waals surface area (Å²) in [6, 6.07) is 0.